The first-order valence-corrected chi connectivity index (χ1v) is 5.33. The van der Waals surface area contributed by atoms with Crippen LogP contribution in [0.15, 0.2) is 5.10 Å². The largest absolute Gasteiger partial charge is 0.350 e. The Bertz CT molecular complexity index is 545. The van der Waals surface area contributed by atoms with Crippen molar-refractivity contribution in [3.05, 3.63) is 0 Å². The normalized spacial score (nSPS) is 28.3. The average Bonchev–Trinajstić information content (AvgIpc) is 2.58. The lowest BCUT2D eigenvalue weighted by molar-refractivity contribution is 0.249. The van der Waals surface area contributed by atoms with Gasteiger partial charge in [-0.15, -0.1) is 0 Å². The Hall–Kier alpha value is -2.92. The number of nitriles is 3. The fourth-order valence-electron chi connectivity index (χ4n) is 2.17. The number of primary amides is 1. The third kappa shape index (κ3) is 2.10. The standard InChI is InChI=1S/C11H11N7O/c1-6-7(3-17-18-10(16)19)9(15)8(2-12)11(6,4-13)5-14/h3,6-8,15H,1H3,(H3,16,18,19)/b15-9?,17-3-/t6-,7-,8?/m1/s1. The summed E-state index contributed by atoms with van der Waals surface area (Å²) in [4.78, 5) is 10.5. The molecule has 0 aromatic rings. The van der Waals surface area contributed by atoms with E-state index in [2.05, 4.69) is 5.10 Å². The molecule has 8 nitrogen and oxygen atoms in total. The van der Waals surface area contributed by atoms with Crippen molar-refractivity contribution in [3.63, 3.8) is 0 Å². The molecular weight excluding hydrogens is 246 g/mol. The summed E-state index contributed by atoms with van der Waals surface area (Å²) in [7, 11) is 0. The average molecular weight is 257 g/mol. The van der Waals surface area contributed by atoms with Gasteiger partial charge in [0.15, 0.2) is 5.41 Å². The highest BCUT2D eigenvalue weighted by atomic mass is 16.2. The number of hydrogen-bond acceptors (Lipinski definition) is 6. The van der Waals surface area contributed by atoms with Crippen LogP contribution in [-0.2, 0) is 0 Å². The van der Waals surface area contributed by atoms with Gasteiger partial charge in [0.25, 0.3) is 0 Å². The molecule has 1 rings (SSSR count). The maximum Gasteiger partial charge on any atom is 0.332 e. The van der Waals surface area contributed by atoms with E-state index in [-0.39, 0.29) is 5.71 Å². The van der Waals surface area contributed by atoms with Gasteiger partial charge in [0.1, 0.15) is 5.92 Å². The lowest BCUT2D eigenvalue weighted by Crippen LogP contribution is -2.29. The summed E-state index contributed by atoms with van der Waals surface area (Å²) in [5, 5.41) is 38.8. The number of rotatable bonds is 2. The first kappa shape index (κ1) is 14.1. The molecule has 0 saturated heterocycles. The van der Waals surface area contributed by atoms with Crippen molar-refractivity contribution in [2.75, 3.05) is 0 Å². The Morgan fingerprint density at radius 2 is 2.11 bits per heavy atom. The van der Waals surface area contributed by atoms with E-state index in [1.807, 2.05) is 23.6 Å². The van der Waals surface area contributed by atoms with Crippen molar-refractivity contribution in [2.45, 2.75) is 6.92 Å². The first-order chi connectivity index (χ1) is 8.94. The molecule has 0 aliphatic heterocycles. The summed E-state index contributed by atoms with van der Waals surface area (Å²) in [6, 6.07) is 4.64. The highest BCUT2D eigenvalue weighted by Gasteiger charge is 2.57. The molecule has 3 atom stereocenters. The molecule has 1 aliphatic rings. The molecule has 8 heteroatoms. The summed E-state index contributed by atoms with van der Waals surface area (Å²) in [5.41, 5.74) is 5.17. The summed E-state index contributed by atoms with van der Waals surface area (Å²) in [6.45, 7) is 1.60. The van der Waals surface area contributed by atoms with Crippen LogP contribution in [0.2, 0.25) is 0 Å². The summed E-state index contributed by atoms with van der Waals surface area (Å²) >= 11 is 0. The smallest absolute Gasteiger partial charge is 0.332 e. The van der Waals surface area contributed by atoms with Gasteiger partial charge in [0, 0.05) is 23.8 Å². The maximum absolute atomic E-state index is 10.5. The minimum Gasteiger partial charge on any atom is -0.350 e. The van der Waals surface area contributed by atoms with E-state index >= 15 is 0 Å². The van der Waals surface area contributed by atoms with Crippen LogP contribution in [-0.4, -0.2) is 18.0 Å². The third-order valence-electron chi connectivity index (χ3n) is 3.29. The van der Waals surface area contributed by atoms with Gasteiger partial charge in [-0.3, -0.25) is 0 Å². The molecule has 1 aliphatic carbocycles. The second kappa shape index (κ2) is 5.16. The van der Waals surface area contributed by atoms with Crippen LogP contribution in [0.1, 0.15) is 6.92 Å². The Kier molecular flexibility index (Phi) is 3.84. The number of carbonyl (C=O) groups is 1. The van der Waals surface area contributed by atoms with Crippen molar-refractivity contribution >= 4 is 18.0 Å². The van der Waals surface area contributed by atoms with Gasteiger partial charge in [-0.05, 0) is 0 Å². The topological polar surface area (TPSA) is 163 Å². The van der Waals surface area contributed by atoms with Crippen LogP contribution in [0, 0.1) is 62.6 Å². The van der Waals surface area contributed by atoms with E-state index in [1.54, 1.807) is 6.92 Å². The molecule has 19 heavy (non-hydrogen) atoms. The van der Waals surface area contributed by atoms with Crippen molar-refractivity contribution in [1.29, 1.82) is 21.2 Å². The summed E-state index contributed by atoms with van der Waals surface area (Å²) < 4.78 is 0. The Labute approximate surface area is 109 Å². The molecule has 1 unspecified atom stereocenters. The molecule has 96 valence electrons. The van der Waals surface area contributed by atoms with Crippen LogP contribution in [0.5, 0.6) is 0 Å². The van der Waals surface area contributed by atoms with Gasteiger partial charge in [-0.1, -0.05) is 6.92 Å². The number of urea groups is 1. The second-order valence-corrected chi connectivity index (χ2v) is 4.18. The molecule has 0 aromatic heterocycles. The highest BCUT2D eigenvalue weighted by molar-refractivity contribution is 6.03. The fraction of sp³-hybridized carbons (Fsp3) is 0.455. The second-order valence-electron chi connectivity index (χ2n) is 4.18. The molecule has 4 N–H and O–H groups in total. The predicted octanol–water partition coefficient (Wildman–Crippen LogP) is 0.0995. The van der Waals surface area contributed by atoms with E-state index in [4.69, 9.17) is 16.4 Å². The quantitative estimate of drug-likeness (QED) is 0.472. The van der Waals surface area contributed by atoms with Crippen LogP contribution in [0.3, 0.4) is 0 Å². The Morgan fingerprint density at radius 1 is 1.53 bits per heavy atom. The number of nitrogens with two attached hydrogens (primary N) is 1. The Balaban J connectivity index is 3.13. The van der Waals surface area contributed by atoms with Gasteiger partial charge in [-0.25, -0.2) is 10.2 Å². The SMILES string of the molecule is C[C@@H]1[C@@H](/C=N\NC(N)=O)C(=N)C(C#N)C1(C#N)C#N. The number of hydrogen-bond donors (Lipinski definition) is 3. The van der Waals surface area contributed by atoms with Gasteiger partial charge < -0.3 is 11.1 Å². The maximum atomic E-state index is 10.5. The molecule has 0 bridgehead atoms. The van der Waals surface area contributed by atoms with Gasteiger partial charge in [0.2, 0.25) is 0 Å². The zero-order chi connectivity index (χ0) is 14.6. The third-order valence-corrected chi connectivity index (χ3v) is 3.29. The minimum absolute atomic E-state index is 0.0619. The van der Waals surface area contributed by atoms with Gasteiger partial charge >= 0.3 is 6.03 Å². The van der Waals surface area contributed by atoms with E-state index in [9.17, 15) is 15.3 Å². The van der Waals surface area contributed by atoms with Crippen molar-refractivity contribution in [3.8, 4) is 18.2 Å². The van der Waals surface area contributed by atoms with Crippen LogP contribution < -0.4 is 11.2 Å². The number of nitrogens with one attached hydrogen (secondary N) is 2. The molecule has 0 radical (unpaired) electrons. The monoisotopic (exact) mass is 257 g/mol. The first-order valence-electron chi connectivity index (χ1n) is 5.33. The number of hydrazone groups is 1. The molecule has 0 spiro atoms. The summed E-state index contributed by atoms with van der Waals surface area (Å²) in [5.74, 6) is -2.36. The molecule has 2 amide bonds. The van der Waals surface area contributed by atoms with Crippen LogP contribution in [0.4, 0.5) is 4.79 Å². The number of amides is 2. The zero-order valence-electron chi connectivity index (χ0n) is 10.1. The lowest BCUT2D eigenvalue weighted by Gasteiger charge is -2.20. The van der Waals surface area contributed by atoms with Crippen LogP contribution >= 0.6 is 0 Å². The molecule has 0 aromatic carbocycles. The van der Waals surface area contributed by atoms with Crippen LogP contribution in [0.25, 0.3) is 0 Å². The minimum atomic E-state index is -1.57. The predicted molar refractivity (Wildman–Crippen MR) is 64.4 cm³/mol. The fourth-order valence-corrected chi connectivity index (χ4v) is 2.17. The lowest BCUT2D eigenvalue weighted by atomic mass is 9.74. The zero-order valence-corrected chi connectivity index (χ0v) is 10.1. The van der Waals surface area contributed by atoms with Gasteiger partial charge in [0.05, 0.1) is 18.2 Å². The molecule has 0 heterocycles. The molecule has 1 saturated carbocycles. The van der Waals surface area contributed by atoms with E-state index in [1.165, 1.54) is 6.21 Å². The van der Waals surface area contributed by atoms with E-state index < -0.39 is 29.2 Å². The Morgan fingerprint density at radius 3 is 2.47 bits per heavy atom. The van der Waals surface area contributed by atoms with Gasteiger partial charge in [-0.2, -0.15) is 20.9 Å². The summed E-state index contributed by atoms with van der Waals surface area (Å²) in [6.07, 6.45) is 1.22. The molecule has 1 fully saturated rings. The molecular formula is C11H11N7O. The highest BCUT2D eigenvalue weighted by Crippen LogP contribution is 2.47. The number of carbonyl (C=O) groups excluding carboxylic acids is 1. The van der Waals surface area contributed by atoms with Crippen molar-refractivity contribution < 1.29 is 4.79 Å². The van der Waals surface area contributed by atoms with E-state index in [0.717, 1.165) is 0 Å². The van der Waals surface area contributed by atoms with Crippen molar-refractivity contribution in [1.82, 2.24) is 5.43 Å². The van der Waals surface area contributed by atoms with E-state index in [0.29, 0.717) is 0 Å². The number of nitrogens with zero attached hydrogens (tertiary/aromatic N) is 4. The van der Waals surface area contributed by atoms with Crippen molar-refractivity contribution in [2.24, 2.45) is 34.0 Å².